The van der Waals surface area contributed by atoms with E-state index >= 15 is 0 Å². The van der Waals surface area contributed by atoms with E-state index in [0.29, 0.717) is 0 Å². The van der Waals surface area contributed by atoms with Gasteiger partial charge in [-0.1, -0.05) is 0 Å². The average Bonchev–Trinajstić information content (AvgIpc) is 2.05. The lowest BCUT2D eigenvalue weighted by atomic mass is 10.1. The molecule has 0 aromatic heterocycles. The molecule has 0 radical (unpaired) electrons. The third-order valence-corrected chi connectivity index (χ3v) is 1.95. The van der Waals surface area contributed by atoms with Crippen molar-refractivity contribution in [3.05, 3.63) is 0 Å². The molecule has 1 saturated heterocycles. The fraction of sp³-hybridized carbons (Fsp3) is 0.571. The van der Waals surface area contributed by atoms with Crippen molar-refractivity contribution in [1.82, 2.24) is 10.2 Å². The first-order valence-electron chi connectivity index (χ1n) is 3.77. The molecule has 1 unspecified atom stereocenters. The summed E-state index contributed by atoms with van der Waals surface area (Å²) in [5.74, 6) is -1.78. The van der Waals surface area contributed by atoms with Crippen molar-refractivity contribution in [2.75, 3.05) is 13.6 Å². The molecule has 0 aromatic rings. The van der Waals surface area contributed by atoms with E-state index in [4.69, 9.17) is 5.11 Å². The fourth-order valence-corrected chi connectivity index (χ4v) is 1.15. The molecule has 0 spiro atoms. The van der Waals surface area contributed by atoms with Gasteiger partial charge in [0.25, 0.3) is 0 Å². The Balaban J connectivity index is 2.72. The maximum absolute atomic E-state index is 11.1. The molecular formula is C7H10N2O4. The van der Waals surface area contributed by atoms with Crippen LogP contribution in [0.15, 0.2) is 0 Å². The molecule has 0 aromatic carbocycles. The highest BCUT2D eigenvalue weighted by Crippen LogP contribution is 2.06. The molecule has 6 heteroatoms. The van der Waals surface area contributed by atoms with Crippen LogP contribution >= 0.6 is 0 Å². The zero-order valence-corrected chi connectivity index (χ0v) is 7.11. The number of nitrogens with zero attached hydrogens (tertiary/aromatic N) is 1. The summed E-state index contributed by atoms with van der Waals surface area (Å²) in [6.07, 6.45) is -0.353. The van der Waals surface area contributed by atoms with Crippen LogP contribution in [0.4, 0.5) is 0 Å². The number of carboxylic acid groups (broad SMARTS) is 1. The highest BCUT2D eigenvalue weighted by molar-refractivity contribution is 5.96. The van der Waals surface area contributed by atoms with Crippen LogP contribution in [-0.4, -0.2) is 47.4 Å². The van der Waals surface area contributed by atoms with Crippen LogP contribution in [0.3, 0.4) is 0 Å². The van der Waals surface area contributed by atoms with E-state index in [1.165, 1.54) is 7.05 Å². The summed E-state index contributed by atoms with van der Waals surface area (Å²) in [6, 6.07) is -0.876. The molecule has 1 atom stereocenters. The number of rotatable bonds is 2. The molecule has 1 rings (SSSR count). The van der Waals surface area contributed by atoms with Gasteiger partial charge in [0, 0.05) is 7.05 Å². The molecular weight excluding hydrogens is 176 g/mol. The van der Waals surface area contributed by atoms with Crippen LogP contribution in [0.25, 0.3) is 0 Å². The molecule has 1 fully saturated rings. The van der Waals surface area contributed by atoms with Crippen molar-refractivity contribution in [3.8, 4) is 0 Å². The van der Waals surface area contributed by atoms with Gasteiger partial charge < -0.3 is 15.3 Å². The van der Waals surface area contributed by atoms with Gasteiger partial charge >= 0.3 is 5.97 Å². The Morgan fingerprint density at radius 3 is 2.85 bits per heavy atom. The van der Waals surface area contributed by atoms with E-state index in [0.717, 1.165) is 4.90 Å². The molecule has 1 aliphatic rings. The van der Waals surface area contributed by atoms with E-state index in [-0.39, 0.29) is 18.9 Å². The summed E-state index contributed by atoms with van der Waals surface area (Å²) < 4.78 is 0. The normalized spacial score (nSPS) is 22.8. The van der Waals surface area contributed by atoms with Crippen molar-refractivity contribution < 1.29 is 19.5 Å². The lowest BCUT2D eigenvalue weighted by molar-refractivity contribution is -0.148. The van der Waals surface area contributed by atoms with Gasteiger partial charge in [0.15, 0.2) is 0 Å². The number of piperazine rings is 1. The van der Waals surface area contributed by atoms with Crippen molar-refractivity contribution in [2.45, 2.75) is 12.5 Å². The quantitative estimate of drug-likeness (QED) is 0.544. The number of carboxylic acids is 1. The van der Waals surface area contributed by atoms with Gasteiger partial charge in [-0.2, -0.15) is 0 Å². The second-order valence-electron chi connectivity index (χ2n) is 2.84. The first kappa shape index (κ1) is 9.50. The van der Waals surface area contributed by atoms with Crippen molar-refractivity contribution in [3.63, 3.8) is 0 Å². The van der Waals surface area contributed by atoms with Crippen LogP contribution in [0.2, 0.25) is 0 Å². The summed E-state index contributed by atoms with van der Waals surface area (Å²) in [7, 11) is 1.43. The van der Waals surface area contributed by atoms with E-state index in [1.807, 2.05) is 0 Å². The number of aliphatic carboxylic acids is 1. The lowest BCUT2D eigenvalue weighted by Crippen LogP contribution is -2.57. The van der Waals surface area contributed by atoms with Crippen LogP contribution < -0.4 is 5.32 Å². The summed E-state index contributed by atoms with van der Waals surface area (Å²) >= 11 is 0. The Kier molecular flexibility index (Phi) is 2.50. The van der Waals surface area contributed by atoms with Gasteiger partial charge in [-0.25, -0.2) is 0 Å². The average molecular weight is 186 g/mol. The molecule has 0 aliphatic carbocycles. The molecule has 0 saturated carbocycles. The van der Waals surface area contributed by atoms with Crippen LogP contribution in [0.1, 0.15) is 6.42 Å². The Morgan fingerprint density at radius 2 is 2.31 bits per heavy atom. The second kappa shape index (κ2) is 3.42. The molecule has 2 N–H and O–H groups in total. The minimum absolute atomic E-state index is 0.0501. The smallest absolute Gasteiger partial charge is 0.305 e. The van der Waals surface area contributed by atoms with E-state index in [9.17, 15) is 14.4 Å². The van der Waals surface area contributed by atoms with Gasteiger partial charge in [0.05, 0.1) is 13.0 Å². The molecule has 0 bridgehead atoms. The van der Waals surface area contributed by atoms with E-state index in [1.54, 1.807) is 0 Å². The minimum atomic E-state index is -1.10. The number of hydrogen-bond donors (Lipinski definition) is 2. The van der Waals surface area contributed by atoms with Gasteiger partial charge in [-0.3, -0.25) is 14.4 Å². The van der Waals surface area contributed by atoms with Crippen LogP contribution in [-0.2, 0) is 14.4 Å². The third kappa shape index (κ3) is 1.95. The second-order valence-corrected chi connectivity index (χ2v) is 2.84. The first-order valence-corrected chi connectivity index (χ1v) is 3.77. The maximum atomic E-state index is 11.1. The molecule has 2 amide bonds. The Labute approximate surface area is 74.5 Å². The molecule has 1 aliphatic heterocycles. The topological polar surface area (TPSA) is 86.7 Å². The monoisotopic (exact) mass is 186 g/mol. The Morgan fingerprint density at radius 1 is 1.69 bits per heavy atom. The fourth-order valence-electron chi connectivity index (χ4n) is 1.15. The largest absolute Gasteiger partial charge is 0.481 e. The molecule has 6 nitrogen and oxygen atoms in total. The van der Waals surface area contributed by atoms with Crippen molar-refractivity contribution >= 4 is 17.8 Å². The van der Waals surface area contributed by atoms with Gasteiger partial charge in [-0.15, -0.1) is 0 Å². The SMILES string of the molecule is CN1C(=O)CNC(=O)C1CC(=O)O. The van der Waals surface area contributed by atoms with Crippen LogP contribution in [0.5, 0.6) is 0 Å². The van der Waals surface area contributed by atoms with Crippen molar-refractivity contribution in [1.29, 1.82) is 0 Å². The lowest BCUT2D eigenvalue weighted by Gasteiger charge is -2.30. The number of hydrogen-bond acceptors (Lipinski definition) is 3. The summed E-state index contributed by atoms with van der Waals surface area (Å²) in [5, 5.41) is 10.8. The van der Waals surface area contributed by atoms with E-state index in [2.05, 4.69) is 5.32 Å². The maximum Gasteiger partial charge on any atom is 0.305 e. The van der Waals surface area contributed by atoms with Gasteiger partial charge in [0.1, 0.15) is 6.04 Å². The zero-order chi connectivity index (χ0) is 10.0. The highest BCUT2D eigenvalue weighted by Gasteiger charge is 2.33. The summed E-state index contributed by atoms with van der Waals surface area (Å²) in [5.41, 5.74) is 0. The Hall–Kier alpha value is -1.59. The predicted molar refractivity (Wildman–Crippen MR) is 41.8 cm³/mol. The number of likely N-dealkylation sites (N-methyl/N-ethyl adjacent to an activating group) is 1. The number of carbonyl (C=O) groups is 3. The summed E-state index contributed by atoms with van der Waals surface area (Å²) in [4.78, 5) is 33.7. The highest BCUT2D eigenvalue weighted by atomic mass is 16.4. The van der Waals surface area contributed by atoms with Crippen molar-refractivity contribution in [2.24, 2.45) is 0 Å². The van der Waals surface area contributed by atoms with Gasteiger partial charge in [-0.05, 0) is 0 Å². The minimum Gasteiger partial charge on any atom is -0.481 e. The molecule has 13 heavy (non-hydrogen) atoms. The number of nitrogens with one attached hydrogen (secondary N) is 1. The molecule has 1 heterocycles. The summed E-state index contributed by atoms with van der Waals surface area (Å²) in [6.45, 7) is -0.0501. The zero-order valence-electron chi connectivity index (χ0n) is 7.11. The predicted octanol–water partition coefficient (Wildman–Crippen LogP) is -1.58. The Bertz CT molecular complexity index is 263. The van der Waals surface area contributed by atoms with E-state index < -0.39 is 17.9 Å². The standard InChI is InChI=1S/C7H10N2O4/c1-9-4(2-6(11)12)7(13)8-3-5(9)10/h4H,2-3H2,1H3,(H,8,13)(H,11,12). The third-order valence-electron chi connectivity index (χ3n) is 1.95. The molecule has 72 valence electrons. The number of carbonyl (C=O) groups excluding carboxylic acids is 2. The van der Waals surface area contributed by atoms with Gasteiger partial charge in [0.2, 0.25) is 11.8 Å². The van der Waals surface area contributed by atoms with Crippen LogP contribution in [0, 0.1) is 0 Å². The number of amides is 2. The first-order chi connectivity index (χ1) is 6.02.